The molecule has 0 aliphatic rings. The summed E-state index contributed by atoms with van der Waals surface area (Å²) in [6.45, 7) is 2.75. The van der Waals surface area contributed by atoms with E-state index in [2.05, 4.69) is 30.4 Å². The fourth-order valence-corrected chi connectivity index (χ4v) is 2.95. The van der Waals surface area contributed by atoms with Crippen molar-refractivity contribution in [3.63, 3.8) is 0 Å². The van der Waals surface area contributed by atoms with Crippen LogP contribution in [-0.4, -0.2) is 34.1 Å². The number of hydrogen-bond acceptors (Lipinski definition) is 7. The van der Waals surface area contributed by atoms with Crippen LogP contribution in [0.1, 0.15) is 31.9 Å². The SMILES string of the molecule is Cc1ncc2ccc(-c3nc(N)nc(NC(C)(C)c4ccn(C(F)F)n4)n3)cn12. The Bertz CT molecular complexity index is 1180. The highest BCUT2D eigenvalue weighted by Crippen LogP contribution is 2.25. The molecule has 0 radical (unpaired) electrons. The summed E-state index contributed by atoms with van der Waals surface area (Å²) >= 11 is 0. The summed E-state index contributed by atoms with van der Waals surface area (Å²) in [4.78, 5) is 17.1. The van der Waals surface area contributed by atoms with Crippen molar-refractivity contribution < 1.29 is 8.78 Å². The van der Waals surface area contributed by atoms with Gasteiger partial charge in [-0.25, -0.2) is 9.67 Å². The van der Waals surface area contributed by atoms with Crippen LogP contribution in [-0.2, 0) is 5.54 Å². The number of aryl methyl sites for hydroxylation is 1. The van der Waals surface area contributed by atoms with Gasteiger partial charge in [0.15, 0.2) is 5.82 Å². The number of imidazole rings is 1. The lowest BCUT2D eigenvalue weighted by atomic mass is 10.0. The van der Waals surface area contributed by atoms with Gasteiger partial charge in [-0.15, -0.1) is 0 Å². The highest BCUT2D eigenvalue weighted by Gasteiger charge is 2.26. The number of halogens is 2. The third-order valence-corrected chi connectivity index (χ3v) is 4.50. The molecule has 4 rings (SSSR count). The van der Waals surface area contributed by atoms with Crippen LogP contribution in [0, 0.1) is 6.92 Å². The number of rotatable bonds is 5. The van der Waals surface area contributed by atoms with Crippen LogP contribution >= 0.6 is 0 Å². The lowest BCUT2D eigenvalue weighted by Crippen LogP contribution is -2.30. The average molecular weight is 399 g/mol. The topological polar surface area (TPSA) is 112 Å². The monoisotopic (exact) mass is 399 g/mol. The maximum absolute atomic E-state index is 12.8. The van der Waals surface area contributed by atoms with Gasteiger partial charge in [0, 0.05) is 18.0 Å². The molecule has 9 nitrogen and oxygen atoms in total. The van der Waals surface area contributed by atoms with Gasteiger partial charge in [-0.2, -0.15) is 28.8 Å². The van der Waals surface area contributed by atoms with E-state index in [9.17, 15) is 8.78 Å². The van der Waals surface area contributed by atoms with Gasteiger partial charge >= 0.3 is 6.55 Å². The maximum Gasteiger partial charge on any atom is 0.333 e. The first-order valence-electron chi connectivity index (χ1n) is 8.80. The predicted octanol–water partition coefficient (Wildman–Crippen LogP) is 3.02. The molecular formula is C18H19F2N9. The Morgan fingerprint density at radius 3 is 2.66 bits per heavy atom. The number of hydrogen-bond donors (Lipinski definition) is 2. The molecule has 0 fully saturated rings. The van der Waals surface area contributed by atoms with E-state index in [4.69, 9.17) is 5.73 Å². The lowest BCUT2D eigenvalue weighted by molar-refractivity contribution is 0.0558. The van der Waals surface area contributed by atoms with E-state index in [0.717, 1.165) is 16.9 Å². The van der Waals surface area contributed by atoms with Gasteiger partial charge < -0.3 is 15.5 Å². The molecule has 4 aromatic rings. The molecule has 3 N–H and O–H groups in total. The van der Waals surface area contributed by atoms with Crippen LogP contribution in [0.25, 0.3) is 16.9 Å². The molecule has 0 spiro atoms. The third-order valence-electron chi connectivity index (χ3n) is 4.50. The average Bonchev–Trinajstić information content (AvgIpc) is 3.29. The zero-order chi connectivity index (χ0) is 20.8. The summed E-state index contributed by atoms with van der Waals surface area (Å²) in [6.07, 6.45) is 4.86. The van der Waals surface area contributed by atoms with E-state index in [1.807, 2.05) is 29.7 Å². The van der Waals surface area contributed by atoms with E-state index >= 15 is 0 Å². The number of pyridine rings is 1. The minimum atomic E-state index is -2.71. The van der Waals surface area contributed by atoms with Crippen molar-refractivity contribution in [1.82, 2.24) is 34.1 Å². The highest BCUT2D eigenvalue weighted by molar-refractivity contribution is 5.61. The van der Waals surface area contributed by atoms with E-state index in [-0.39, 0.29) is 11.9 Å². The number of aromatic nitrogens is 7. The first kappa shape index (κ1) is 18.7. The van der Waals surface area contributed by atoms with E-state index in [0.29, 0.717) is 16.2 Å². The minimum Gasteiger partial charge on any atom is -0.368 e. The zero-order valence-electron chi connectivity index (χ0n) is 16.0. The second kappa shape index (κ2) is 6.76. The lowest BCUT2D eigenvalue weighted by Gasteiger charge is -2.24. The van der Waals surface area contributed by atoms with Crippen molar-refractivity contribution in [2.24, 2.45) is 0 Å². The maximum atomic E-state index is 12.8. The molecule has 0 aliphatic carbocycles. The van der Waals surface area contributed by atoms with Gasteiger partial charge in [0.2, 0.25) is 11.9 Å². The summed E-state index contributed by atoms with van der Waals surface area (Å²) in [6, 6.07) is 5.29. The summed E-state index contributed by atoms with van der Waals surface area (Å²) in [5, 5.41) is 7.01. The van der Waals surface area contributed by atoms with Crippen LogP contribution < -0.4 is 11.1 Å². The molecule has 0 unspecified atom stereocenters. The van der Waals surface area contributed by atoms with Crippen LogP contribution in [0.3, 0.4) is 0 Å². The first-order chi connectivity index (χ1) is 13.7. The van der Waals surface area contributed by atoms with Crippen molar-refractivity contribution in [2.75, 3.05) is 11.1 Å². The summed E-state index contributed by atoms with van der Waals surface area (Å²) in [7, 11) is 0. The van der Waals surface area contributed by atoms with Gasteiger partial charge in [0.25, 0.3) is 0 Å². The van der Waals surface area contributed by atoms with Gasteiger partial charge in [-0.05, 0) is 39.0 Å². The first-order valence-corrected chi connectivity index (χ1v) is 8.80. The molecule has 0 bridgehead atoms. The normalized spacial score (nSPS) is 12.1. The molecular weight excluding hydrogens is 380 g/mol. The molecule has 0 saturated heterocycles. The predicted molar refractivity (Wildman–Crippen MR) is 103 cm³/mol. The van der Waals surface area contributed by atoms with Crippen molar-refractivity contribution in [3.05, 3.63) is 48.3 Å². The largest absolute Gasteiger partial charge is 0.368 e. The second-order valence-corrected chi connectivity index (χ2v) is 7.07. The zero-order valence-corrected chi connectivity index (χ0v) is 16.0. The van der Waals surface area contributed by atoms with Crippen molar-refractivity contribution >= 4 is 17.4 Å². The van der Waals surface area contributed by atoms with Crippen molar-refractivity contribution in [1.29, 1.82) is 0 Å². The number of nitrogens with one attached hydrogen (secondary N) is 1. The smallest absolute Gasteiger partial charge is 0.333 e. The molecule has 0 amide bonds. The summed E-state index contributed by atoms with van der Waals surface area (Å²) in [5.74, 6) is 1.46. The van der Waals surface area contributed by atoms with E-state index in [1.165, 1.54) is 12.3 Å². The number of fused-ring (bicyclic) bond motifs is 1. The highest BCUT2D eigenvalue weighted by atomic mass is 19.3. The molecule has 29 heavy (non-hydrogen) atoms. The van der Waals surface area contributed by atoms with E-state index < -0.39 is 12.1 Å². The fourth-order valence-electron chi connectivity index (χ4n) is 2.95. The number of alkyl halides is 2. The number of anilines is 2. The molecule has 11 heteroatoms. The molecule has 0 aromatic carbocycles. The minimum absolute atomic E-state index is 0.0360. The third kappa shape index (κ3) is 3.58. The van der Waals surface area contributed by atoms with Gasteiger partial charge in [-0.3, -0.25) is 0 Å². The summed E-state index contributed by atoms with van der Waals surface area (Å²) in [5.41, 5.74) is 7.15. The van der Waals surface area contributed by atoms with E-state index in [1.54, 1.807) is 20.0 Å². The fraction of sp³-hybridized carbons (Fsp3) is 0.278. The standard InChI is InChI=1S/C18H19F2N9/c1-10-22-8-12-5-4-11(9-28(10)12)14-23-16(21)25-17(24-14)26-18(2,3)13-6-7-29(27-13)15(19)20/h4-9,15H,1-3H3,(H3,21,23,24,25,26). The van der Waals surface area contributed by atoms with Crippen LogP contribution in [0.15, 0.2) is 36.8 Å². The Morgan fingerprint density at radius 1 is 1.14 bits per heavy atom. The number of nitrogens with zero attached hydrogens (tertiary/aromatic N) is 7. The molecule has 0 atom stereocenters. The van der Waals surface area contributed by atoms with Crippen molar-refractivity contribution in [2.45, 2.75) is 32.9 Å². The Labute approximate surface area is 164 Å². The molecule has 4 heterocycles. The number of nitrogens with two attached hydrogens (primary N) is 1. The van der Waals surface area contributed by atoms with Gasteiger partial charge in [0.1, 0.15) is 5.82 Å². The van der Waals surface area contributed by atoms with Crippen LogP contribution in [0.5, 0.6) is 0 Å². The Balaban J connectivity index is 1.67. The molecule has 0 aliphatic heterocycles. The Hall–Kier alpha value is -3.63. The Kier molecular flexibility index (Phi) is 4.36. The number of nitrogen functional groups attached to an aromatic ring is 1. The molecule has 4 aromatic heterocycles. The van der Waals surface area contributed by atoms with Gasteiger partial charge in [-0.1, -0.05) is 0 Å². The second-order valence-electron chi connectivity index (χ2n) is 7.07. The quantitative estimate of drug-likeness (QED) is 0.530. The van der Waals surface area contributed by atoms with Gasteiger partial charge in [0.05, 0.1) is 22.9 Å². The van der Waals surface area contributed by atoms with Crippen molar-refractivity contribution in [3.8, 4) is 11.4 Å². The molecule has 150 valence electrons. The molecule has 0 saturated carbocycles. The summed E-state index contributed by atoms with van der Waals surface area (Å²) < 4.78 is 28.2. The Morgan fingerprint density at radius 2 is 1.93 bits per heavy atom. The van der Waals surface area contributed by atoms with Crippen LogP contribution in [0.2, 0.25) is 0 Å². The van der Waals surface area contributed by atoms with Crippen LogP contribution in [0.4, 0.5) is 20.7 Å².